The summed E-state index contributed by atoms with van der Waals surface area (Å²) in [5.74, 6) is 0. The maximum absolute atomic E-state index is 12.2. The van der Waals surface area contributed by atoms with E-state index in [1.165, 1.54) is 4.90 Å². The lowest BCUT2D eigenvalue weighted by Crippen LogP contribution is -2.33. The van der Waals surface area contributed by atoms with E-state index in [0.29, 0.717) is 13.0 Å². The number of hydrogen-bond acceptors (Lipinski definition) is 5. The van der Waals surface area contributed by atoms with Crippen LogP contribution >= 0.6 is 0 Å². The Balaban J connectivity index is 1.86. The van der Waals surface area contributed by atoms with E-state index in [1.807, 2.05) is 52.0 Å². The van der Waals surface area contributed by atoms with Crippen LogP contribution in [0.3, 0.4) is 0 Å². The van der Waals surface area contributed by atoms with Crippen LogP contribution in [0.2, 0.25) is 0 Å². The van der Waals surface area contributed by atoms with E-state index in [2.05, 4.69) is 0 Å². The highest BCUT2D eigenvalue weighted by molar-refractivity contribution is 7.86. The highest BCUT2D eigenvalue weighted by Crippen LogP contribution is 2.15. The van der Waals surface area contributed by atoms with Crippen molar-refractivity contribution in [1.29, 1.82) is 0 Å². The van der Waals surface area contributed by atoms with E-state index in [1.54, 1.807) is 31.3 Å². The van der Waals surface area contributed by atoms with Gasteiger partial charge < -0.3 is 9.64 Å². The first kappa shape index (κ1) is 22.9. The van der Waals surface area contributed by atoms with Gasteiger partial charge in [0.25, 0.3) is 10.1 Å². The average Bonchev–Trinajstić information content (AvgIpc) is 2.62. The minimum Gasteiger partial charge on any atom is -0.444 e. The molecular formula is C22H29NO5S. The summed E-state index contributed by atoms with van der Waals surface area (Å²) in [6.45, 7) is 7.87. The van der Waals surface area contributed by atoms with Crippen LogP contribution in [-0.2, 0) is 32.0 Å². The van der Waals surface area contributed by atoms with Crippen molar-refractivity contribution in [2.75, 3.05) is 13.7 Å². The van der Waals surface area contributed by atoms with Gasteiger partial charge in [0, 0.05) is 13.6 Å². The van der Waals surface area contributed by atoms with Gasteiger partial charge in [-0.15, -0.1) is 0 Å². The monoisotopic (exact) mass is 419 g/mol. The fraction of sp³-hybridized carbons (Fsp3) is 0.409. The Bertz CT molecular complexity index is 913. The van der Waals surface area contributed by atoms with Crippen molar-refractivity contribution in [1.82, 2.24) is 4.90 Å². The second kappa shape index (κ2) is 9.41. The van der Waals surface area contributed by atoms with E-state index in [0.717, 1.165) is 16.7 Å². The Morgan fingerprint density at radius 2 is 1.52 bits per heavy atom. The lowest BCUT2D eigenvalue weighted by Gasteiger charge is -2.24. The number of aryl methyl sites for hydroxylation is 1. The van der Waals surface area contributed by atoms with Gasteiger partial charge in [0.05, 0.1) is 11.5 Å². The fourth-order valence-electron chi connectivity index (χ4n) is 2.53. The van der Waals surface area contributed by atoms with Gasteiger partial charge in [0.2, 0.25) is 0 Å². The van der Waals surface area contributed by atoms with Gasteiger partial charge in [-0.2, -0.15) is 8.42 Å². The van der Waals surface area contributed by atoms with Crippen LogP contribution in [0.4, 0.5) is 4.79 Å². The molecule has 2 aromatic carbocycles. The zero-order chi connectivity index (χ0) is 21.7. The highest BCUT2D eigenvalue weighted by Gasteiger charge is 2.19. The Labute approximate surface area is 173 Å². The summed E-state index contributed by atoms with van der Waals surface area (Å²) in [5.41, 5.74) is 2.36. The molecule has 0 spiro atoms. The minimum atomic E-state index is -3.75. The zero-order valence-corrected chi connectivity index (χ0v) is 18.5. The van der Waals surface area contributed by atoms with Crippen molar-refractivity contribution >= 4 is 16.2 Å². The van der Waals surface area contributed by atoms with Gasteiger partial charge in [-0.25, -0.2) is 4.79 Å². The smallest absolute Gasteiger partial charge is 0.410 e. The number of nitrogens with zero attached hydrogens (tertiary/aromatic N) is 1. The predicted octanol–water partition coefficient (Wildman–Crippen LogP) is 4.31. The topological polar surface area (TPSA) is 72.9 Å². The fourth-order valence-corrected chi connectivity index (χ4v) is 3.44. The van der Waals surface area contributed by atoms with Crippen LogP contribution in [0.5, 0.6) is 0 Å². The Morgan fingerprint density at radius 3 is 2.07 bits per heavy atom. The summed E-state index contributed by atoms with van der Waals surface area (Å²) in [5, 5.41) is 0. The summed E-state index contributed by atoms with van der Waals surface area (Å²) in [4.78, 5) is 13.7. The Kier molecular flexibility index (Phi) is 7.43. The molecule has 0 N–H and O–H groups in total. The first-order chi connectivity index (χ1) is 13.5. The molecule has 7 heteroatoms. The van der Waals surface area contributed by atoms with Gasteiger partial charge in [0.1, 0.15) is 5.60 Å². The van der Waals surface area contributed by atoms with Gasteiger partial charge in [0.15, 0.2) is 0 Å². The lowest BCUT2D eigenvalue weighted by atomic mass is 10.1. The Morgan fingerprint density at radius 1 is 0.966 bits per heavy atom. The molecule has 0 radical (unpaired) electrons. The molecule has 158 valence electrons. The number of ether oxygens (including phenoxy) is 1. The van der Waals surface area contributed by atoms with Gasteiger partial charge in [-0.05, 0) is 57.4 Å². The second-order valence-electron chi connectivity index (χ2n) is 7.99. The third kappa shape index (κ3) is 7.51. The summed E-state index contributed by atoms with van der Waals surface area (Å²) in [6.07, 6.45) is 0.0871. The van der Waals surface area contributed by atoms with Crippen LogP contribution in [0.15, 0.2) is 53.4 Å². The maximum atomic E-state index is 12.2. The Hall–Kier alpha value is -2.38. The SMILES string of the molecule is Cc1ccc(S(=O)(=O)OCCc2ccc(CN(C)C(=O)OC(C)(C)C)cc2)cc1. The minimum absolute atomic E-state index is 0.0629. The molecule has 0 heterocycles. The number of rotatable bonds is 7. The predicted molar refractivity (Wildman–Crippen MR) is 112 cm³/mol. The van der Waals surface area contributed by atoms with Crippen molar-refractivity contribution in [3.05, 3.63) is 65.2 Å². The van der Waals surface area contributed by atoms with Gasteiger partial charge in [-0.3, -0.25) is 4.18 Å². The van der Waals surface area contributed by atoms with E-state index >= 15 is 0 Å². The highest BCUT2D eigenvalue weighted by atomic mass is 32.2. The molecule has 0 bridgehead atoms. The molecule has 2 aromatic rings. The molecule has 0 aromatic heterocycles. The molecule has 29 heavy (non-hydrogen) atoms. The summed E-state index contributed by atoms with van der Waals surface area (Å²) >= 11 is 0. The van der Waals surface area contributed by atoms with E-state index in [9.17, 15) is 13.2 Å². The number of carbonyl (C=O) groups excluding carboxylic acids is 1. The summed E-state index contributed by atoms with van der Waals surface area (Å²) in [7, 11) is -2.07. The van der Waals surface area contributed by atoms with Crippen molar-refractivity contribution in [2.24, 2.45) is 0 Å². The largest absolute Gasteiger partial charge is 0.444 e. The number of carbonyl (C=O) groups is 1. The summed E-state index contributed by atoms with van der Waals surface area (Å²) < 4.78 is 34.9. The van der Waals surface area contributed by atoms with Crippen molar-refractivity contribution < 1.29 is 22.1 Å². The van der Waals surface area contributed by atoms with E-state index in [-0.39, 0.29) is 17.6 Å². The van der Waals surface area contributed by atoms with Gasteiger partial charge >= 0.3 is 6.09 Å². The van der Waals surface area contributed by atoms with Crippen LogP contribution in [0, 0.1) is 6.92 Å². The zero-order valence-electron chi connectivity index (χ0n) is 17.6. The third-order valence-electron chi connectivity index (χ3n) is 4.09. The molecule has 2 rings (SSSR count). The molecule has 0 saturated heterocycles. The van der Waals surface area contributed by atoms with E-state index in [4.69, 9.17) is 8.92 Å². The van der Waals surface area contributed by atoms with Gasteiger partial charge in [-0.1, -0.05) is 42.0 Å². The number of hydrogen-bond donors (Lipinski definition) is 0. The average molecular weight is 420 g/mol. The molecule has 6 nitrogen and oxygen atoms in total. The van der Waals surface area contributed by atoms with Crippen LogP contribution in [0.1, 0.15) is 37.5 Å². The second-order valence-corrected chi connectivity index (χ2v) is 9.61. The molecule has 0 unspecified atom stereocenters. The first-order valence-corrected chi connectivity index (χ1v) is 10.9. The van der Waals surface area contributed by atoms with Crippen molar-refractivity contribution in [3.63, 3.8) is 0 Å². The molecule has 0 saturated carbocycles. The normalized spacial score (nSPS) is 11.9. The van der Waals surface area contributed by atoms with Crippen LogP contribution in [0.25, 0.3) is 0 Å². The molecular weight excluding hydrogens is 390 g/mol. The molecule has 0 aliphatic carbocycles. The third-order valence-corrected chi connectivity index (χ3v) is 5.41. The summed E-state index contributed by atoms with van der Waals surface area (Å²) in [6, 6.07) is 14.2. The molecule has 0 fully saturated rings. The van der Waals surface area contributed by atoms with Crippen molar-refractivity contribution in [3.8, 4) is 0 Å². The van der Waals surface area contributed by atoms with Crippen LogP contribution in [-0.4, -0.2) is 38.7 Å². The van der Waals surface area contributed by atoms with E-state index < -0.39 is 15.7 Å². The maximum Gasteiger partial charge on any atom is 0.410 e. The number of benzene rings is 2. The lowest BCUT2D eigenvalue weighted by molar-refractivity contribution is 0.0285. The molecule has 0 aliphatic heterocycles. The van der Waals surface area contributed by atoms with Crippen LogP contribution < -0.4 is 0 Å². The first-order valence-electron chi connectivity index (χ1n) is 9.44. The quantitative estimate of drug-likeness (QED) is 0.625. The van der Waals surface area contributed by atoms with Crippen molar-refractivity contribution in [2.45, 2.75) is 51.2 Å². The molecule has 1 amide bonds. The standard InChI is InChI=1S/C22H29NO5S/c1-17-6-12-20(13-7-17)29(25,26)27-15-14-18-8-10-19(11-9-18)16-23(5)21(24)28-22(2,3)4/h6-13H,14-16H2,1-5H3. The number of amides is 1. The molecule has 0 atom stereocenters. The molecule has 0 aliphatic rings.